The number of nitrogens with one attached hydrogen (secondary N) is 3. The molecule has 0 spiro atoms. The Morgan fingerprint density at radius 2 is 2.15 bits per heavy atom. The van der Waals surface area contributed by atoms with Crippen molar-refractivity contribution in [3.05, 3.63) is 59.3 Å². The number of pyridine rings is 1. The molecule has 0 aliphatic carbocycles. The van der Waals surface area contributed by atoms with Crippen LogP contribution in [0.25, 0.3) is 11.3 Å². The molecule has 6 nitrogen and oxygen atoms in total. The van der Waals surface area contributed by atoms with Gasteiger partial charge in [0.15, 0.2) is 0 Å². The lowest BCUT2D eigenvalue weighted by molar-refractivity contribution is 0.0947. The van der Waals surface area contributed by atoms with Crippen molar-refractivity contribution in [2.75, 3.05) is 19.0 Å². The lowest BCUT2D eigenvalue weighted by Gasteiger charge is -2.16. The first kappa shape index (κ1) is 17.1. The maximum atomic E-state index is 14.0. The van der Waals surface area contributed by atoms with Gasteiger partial charge in [-0.25, -0.2) is 4.39 Å². The van der Waals surface area contributed by atoms with Gasteiger partial charge in [0.2, 0.25) is 0 Å². The van der Waals surface area contributed by atoms with Crippen molar-refractivity contribution in [2.24, 2.45) is 0 Å². The maximum Gasteiger partial charge on any atom is 0.255 e. The van der Waals surface area contributed by atoms with E-state index in [1.54, 1.807) is 38.6 Å². The van der Waals surface area contributed by atoms with Crippen molar-refractivity contribution in [3.8, 4) is 17.0 Å². The van der Waals surface area contributed by atoms with Crippen molar-refractivity contribution in [1.29, 1.82) is 0 Å². The quantitative estimate of drug-likeness (QED) is 0.660. The predicted molar refractivity (Wildman–Crippen MR) is 101 cm³/mol. The van der Waals surface area contributed by atoms with Crippen LogP contribution in [-0.2, 0) is 6.42 Å². The van der Waals surface area contributed by atoms with E-state index in [2.05, 4.69) is 20.6 Å². The summed E-state index contributed by atoms with van der Waals surface area (Å²) in [6.07, 6.45) is 3.96. The molecule has 0 atom stereocenters. The smallest absolute Gasteiger partial charge is 0.255 e. The van der Waals surface area contributed by atoms with E-state index in [1.165, 1.54) is 6.07 Å². The Bertz CT molecular complexity index is 1030. The van der Waals surface area contributed by atoms with Crippen LogP contribution in [-0.4, -0.2) is 29.5 Å². The van der Waals surface area contributed by atoms with E-state index in [1.807, 2.05) is 6.07 Å². The summed E-state index contributed by atoms with van der Waals surface area (Å²) in [5.74, 6) is 0.107. The fourth-order valence-corrected chi connectivity index (χ4v) is 3.33. The molecule has 1 amide bonds. The Labute approximate surface area is 155 Å². The van der Waals surface area contributed by atoms with E-state index >= 15 is 0 Å². The molecule has 1 aromatic carbocycles. The summed E-state index contributed by atoms with van der Waals surface area (Å²) in [6.45, 7) is 2.27. The fraction of sp³-hybridized carbons (Fsp3) is 0.200. The summed E-state index contributed by atoms with van der Waals surface area (Å²) >= 11 is 0. The third kappa shape index (κ3) is 2.91. The number of fused-ring (bicyclic) bond motifs is 1. The summed E-state index contributed by atoms with van der Waals surface area (Å²) in [5, 5.41) is 6.13. The fourth-order valence-electron chi connectivity index (χ4n) is 3.33. The van der Waals surface area contributed by atoms with Gasteiger partial charge in [0, 0.05) is 41.7 Å². The molecular formula is C20H19FN4O2. The average molecular weight is 366 g/mol. The molecule has 3 heterocycles. The van der Waals surface area contributed by atoms with Crippen LogP contribution in [0.1, 0.15) is 21.6 Å². The van der Waals surface area contributed by atoms with Crippen molar-refractivity contribution < 1.29 is 13.9 Å². The molecule has 138 valence electrons. The summed E-state index contributed by atoms with van der Waals surface area (Å²) in [7, 11) is 1.57. The maximum absolute atomic E-state index is 14.0. The molecule has 4 rings (SSSR count). The Hall–Kier alpha value is -3.35. The standard InChI is InChI=1S/C20H19FN4O2/c1-11-13(21)4-3-5-14(11)24-19-17-15(7-9-23-20(17)26)25-18(19)12-6-8-22-10-16(12)27-2/h3-6,8,10,24-25H,7,9H2,1-2H3,(H,23,26). The zero-order valence-corrected chi connectivity index (χ0v) is 15.0. The number of H-pyrrole nitrogens is 1. The minimum atomic E-state index is -0.308. The zero-order chi connectivity index (χ0) is 19.0. The van der Waals surface area contributed by atoms with Crippen LogP contribution in [0, 0.1) is 12.7 Å². The molecular weight excluding hydrogens is 347 g/mol. The first-order valence-corrected chi connectivity index (χ1v) is 8.63. The molecule has 0 saturated carbocycles. The van der Waals surface area contributed by atoms with Gasteiger partial charge >= 0.3 is 0 Å². The number of amides is 1. The molecule has 1 aliphatic heterocycles. The molecule has 0 unspecified atom stereocenters. The van der Waals surface area contributed by atoms with Crippen molar-refractivity contribution in [3.63, 3.8) is 0 Å². The Morgan fingerprint density at radius 3 is 2.96 bits per heavy atom. The number of benzene rings is 1. The van der Waals surface area contributed by atoms with Crippen molar-refractivity contribution >= 4 is 17.3 Å². The van der Waals surface area contributed by atoms with Gasteiger partial charge in [0.25, 0.3) is 5.91 Å². The Balaban J connectivity index is 1.92. The Kier molecular flexibility index (Phi) is 4.27. The van der Waals surface area contributed by atoms with Gasteiger partial charge in [0.1, 0.15) is 11.6 Å². The number of rotatable bonds is 4. The summed E-state index contributed by atoms with van der Waals surface area (Å²) < 4.78 is 19.4. The van der Waals surface area contributed by atoms with Crippen LogP contribution in [0.4, 0.5) is 15.8 Å². The third-order valence-electron chi connectivity index (χ3n) is 4.77. The molecule has 0 bridgehead atoms. The third-order valence-corrected chi connectivity index (χ3v) is 4.77. The molecule has 0 fully saturated rings. The van der Waals surface area contributed by atoms with Crippen LogP contribution in [0.5, 0.6) is 5.75 Å². The van der Waals surface area contributed by atoms with Crippen molar-refractivity contribution in [1.82, 2.24) is 15.3 Å². The van der Waals surface area contributed by atoms with Gasteiger partial charge in [0.05, 0.1) is 30.3 Å². The van der Waals surface area contributed by atoms with Gasteiger partial charge in [-0.2, -0.15) is 0 Å². The summed E-state index contributed by atoms with van der Waals surface area (Å²) in [5.41, 5.74) is 4.54. The number of aromatic nitrogens is 2. The van der Waals surface area contributed by atoms with Crippen LogP contribution in [0.15, 0.2) is 36.7 Å². The number of aromatic amines is 1. The number of carbonyl (C=O) groups excluding carboxylic acids is 1. The number of hydrogen-bond acceptors (Lipinski definition) is 4. The lowest BCUT2D eigenvalue weighted by atomic mass is 10.0. The van der Waals surface area contributed by atoms with E-state index in [4.69, 9.17) is 4.74 Å². The van der Waals surface area contributed by atoms with Crippen LogP contribution < -0.4 is 15.4 Å². The highest BCUT2D eigenvalue weighted by molar-refractivity contribution is 6.06. The highest BCUT2D eigenvalue weighted by atomic mass is 19.1. The first-order chi connectivity index (χ1) is 13.1. The Morgan fingerprint density at radius 1 is 1.30 bits per heavy atom. The van der Waals surface area contributed by atoms with Crippen molar-refractivity contribution in [2.45, 2.75) is 13.3 Å². The van der Waals surface area contributed by atoms with E-state index < -0.39 is 0 Å². The molecule has 2 aromatic heterocycles. The molecule has 7 heteroatoms. The SMILES string of the molecule is COc1cnccc1-c1[nH]c2c(c1Nc1cccc(F)c1C)C(=O)NCC2. The van der Waals surface area contributed by atoms with Gasteiger partial charge in [-0.05, 0) is 25.1 Å². The molecule has 3 N–H and O–H groups in total. The van der Waals surface area contributed by atoms with Gasteiger partial charge in [-0.3, -0.25) is 9.78 Å². The number of methoxy groups -OCH3 is 1. The average Bonchev–Trinajstić information content (AvgIpc) is 3.05. The monoisotopic (exact) mass is 366 g/mol. The van der Waals surface area contributed by atoms with Gasteiger partial charge < -0.3 is 20.4 Å². The summed E-state index contributed by atoms with van der Waals surface area (Å²) in [4.78, 5) is 20.0. The second-order valence-corrected chi connectivity index (χ2v) is 6.35. The van der Waals surface area contributed by atoms with Crippen LogP contribution in [0.3, 0.4) is 0 Å². The number of hydrogen-bond donors (Lipinski definition) is 3. The van der Waals surface area contributed by atoms with E-state index in [9.17, 15) is 9.18 Å². The second-order valence-electron chi connectivity index (χ2n) is 6.35. The minimum Gasteiger partial charge on any atom is -0.494 e. The normalized spacial score (nSPS) is 13.1. The number of ether oxygens (including phenoxy) is 1. The number of carbonyl (C=O) groups is 1. The van der Waals surface area contributed by atoms with Gasteiger partial charge in [-0.1, -0.05) is 6.07 Å². The van der Waals surface area contributed by atoms with Gasteiger partial charge in [-0.15, -0.1) is 0 Å². The minimum absolute atomic E-state index is 0.164. The highest BCUT2D eigenvalue weighted by Crippen LogP contribution is 2.40. The largest absolute Gasteiger partial charge is 0.494 e. The lowest BCUT2D eigenvalue weighted by Crippen LogP contribution is -2.31. The molecule has 1 aliphatic rings. The molecule has 3 aromatic rings. The molecule has 27 heavy (non-hydrogen) atoms. The van der Waals surface area contributed by atoms with Crippen LogP contribution in [0.2, 0.25) is 0 Å². The van der Waals surface area contributed by atoms with E-state index in [0.717, 1.165) is 11.3 Å². The number of halogens is 1. The van der Waals surface area contributed by atoms with Crippen LogP contribution >= 0.6 is 0 Å². The number of anilines is 2. The highest BCUT2D eigenvalue weighted by Gasteiger charge is 2.28. The number of nitrogens with zero attached hydrogens (tertiary/aromatic N) is 1. The topological polar surface area (TPSA) is 79.0 Å². The zero-order valence-electron chi connectivity index (χ0n) is 15.0. The second kappa shape index (κ2) is 6.75. The molecule has 0 saturated heterocycles. The first-order valence-electron chi connectivity index (χ1n) is 8.63. The molecule has 0 radical (unpaired) electrons. The summed E-state index contributed by atoms with van der Waals surface area (Å²) in [6, 6.07) is 6.65. The predicted octanol–water partition coefficient (Wildman–Crippen LogP) is 3.56. The van der Waals surface area contributed by atoms with E-state index in [0.29, 0.717) is 46.9 Å². The van der Waals surface area contributed by atoms with E-state index in [-0.39, 0.29) is 11.7 Å².